The average molecular weight is 333 g/mol. The van der Waals surface area contributed by atoms with Crippen molar-refractivity contribution in [3.05, 3.63) is 27.1 Å². The molecule has 0 aromatic carbocycles. The van der Waals surface area contributed by atoms with Crippen LogP contribution >= 0.6 is 11.3 Å². The van der Waals surface area contributed by atoms with E-state index in [1.54, 1.807) is 29.8 Å². The second kappa shape index (κ2) is 5.05. The molecule has 0 aliphatic carbocycles. The fourth-order valence-corrected chi connectivity index (χ4v) is 4.13. The van der Waals surface area contributed by atoms with Gasteiger partial charge in [0.1, 0.15) is 11.2 Å². The van der Waals surface area contributed by atoms with Gasteiger partial charge in [0.15, 0.2) is 0 Å². The molecule has 1 aliphatic heterocycles. The summed E-state index contributed by atoms with van der Waals surface area (Å²) in [5, 5.41) is 4.72. The third kappa shape index (κ3) is 2.03. The number of aryl methyl sites for hydroxylation is 1. The van der Waals surface area contributed by atoms with Gasteiger partial charge in [0.25, 0.3) is 5.56 Å². The lowest BCUT2D eigenvalue weighted by Gasteiger charge is -2.25. The number of carbonyl (C=O) groups is 1. The minimum atomic E-state index is -0.313. The molecule has 1 aliphatic rings. The van der Waals surface area contributed by atoms with Crippen molar-refractivity contribution in [3.63, 3.8) is 0 Å². The van der Waals surface area contributed by atoms with Gasteiger partial charge in [0.05, 0.1) is 18.5 Å². The highest BCUT2D eigenvalue weighted by Gasteiger charge is 2.27. The number of hydrogen-bond acceptors (Lipinski definition) is 6. The summed E-state index contributed by atoms with van der Waals surface area (Å²) in [5.74, 6) is 0.517. The standard InChI is InChI=1S/C14H15N5O3S/c1-3-22-14(21)18-5-4-8-9(6-18)23-11-10(8)12(20)19-13(16-11)17(2)7-15-19/h7H,3-6H2,1-2H3. The molecule has 4 rings (SSSR count). The predicted molar refractivity (Wildman–Crippen MR) is 84.7 cm³/mol. The first kappa shape index (κ1) is 14.2. The SMILES string of the molecule is CCOC(=O)N1CCc2c(sc3nc4n(C)cnn4c(=O)c23)C1. The Hall–Kier alpha value is -2.42. The van der Waals surface area contributed by atoms with E-state index in [9.17, 15) is 9.59 Å². The fourth-order valence-electron chi connectivity index (χ4n) is 2.91. The average Bonchev–Trinajstić information content (AvgIpc) is 3.08. The summed E-state index contributed by atoms with van der Waals surface area (Å²) in [4.78, 5) is 32.5. The Morgan fingerprint density at radius 3 is 3.09 bits per heavy atom. The van der Waals surface area contributed by atoms with Crippen LogP contribution in [0.5, 0.6) is 0 Å². The Labute approximate surface area is 134 Å². The van der Waals surface area contributed by atoms with Crippen LogP contribution in [0.3, 0.4) is 0 Å². The minimum Gasteiger partial charge on any atom is -0.450 e. The predicted octanol–water partition coefficient (Wildman–Crippen LogP) is 1.16. The highest BCUT2D eigenvalue weighted by atomic mass is 32.1. The van der Waals surface area contributed by atoms with Crippen LogP contribution in [-0.2, 0) is 24.8 Å². The smallest absolute Gasteiger partial charge is 0.410 e. The quantitative estimate of drug-likeness (QED) is 0.667. The molecule has 0 radical (unpaired) electrons. The normalized spacial score (nSPS) is 14.4. The number of hydrogen-bond donors (Lipinski definition) is 0. The number of aromatic nitrogens is 4. The molecule has 0 saturated heterocycles. The van der Waals surface area contributed by atoms with Gasteiger partial charge < -0.3 is 14.2 Å². The maximum atomic E-state index is 12.7. The Morgan fingerprint density at radius 2 is 2.30 bits per heavy atom. The van der Waals surface area contributed by atoms with E-state index >= 15 is 0 Å². The molecule has 0 spiro atoms. The van der Waals surface area contributed by atoms with E-state index in [0.29, 0.717) is 42.1 Å². The summed E-state index contributed by atoms with van der Waals surface area (Å²) in [5.41, 5.74) is 0.843. The number of amides is 1. The van der Waals surface area contributed by atoms with Gasteiger partial charge in [-0.25, -0.2) is 9.78 Å². The lowest BCUT2D eigenvalue weighted by atomic mass is 10.1. The van der Waals surface area contributed by atoms with Crippen LogP contribution in [0, 0.1) is 0 Å². The van der Waals surface area contributed by atoms with E-state index in [1.165, 1.54) is 15.9 Å². The second-order valence-electron chi connectivity index (χ2n) is 5.43. The van der Waals surface area contributed by atoms with Crippen LogP contribution in [0.2, 0.25) is 0 Å². The summed E-state index contributed by atoms with van der Waals surface area (Å²) >= 11 is 1.47. The van der Waals surface area contributed by atoms with Crippen molar-refractivity contribution >= 4 is 33.4 Å². The van der Waals surface area contributed by atoms with E-state index in [1.807, 2.05) is 0 Å². The van der Waals surface area contributed by atoms with Crippen molar-refractivity contribution in [1.82, 2.24) is 24.1 Å². The topological polar surface area (TPSA) is 81.7 Å². The summed E-state index contributed by atoms with van der Waals surface area (Å²) in [6.45, 7) is 3.15. The van der Waals surface area contributed by atoms with Gasteiger partial charge in [0.2, 0.25) is 5.78 Å². The number of nitrogens with zero attached hydrogens (tertiary/aromatic N) is 5. The third-order valence-corrected chi connectivity index (χ3v) is 5.13. The van der Waals surface area contributed by atoms with Crippen LogP contribution in [0.4, 0.5) is 4.79 Å². The summed E-state index contributed by atoms with van der Waals surface area (Å²) < 4.78 is 8.10. The molecular formula is C14H15N5O3S. The molecule has 23 heavy (non-hydrogen) atoms. The number of thiophene rings is 1. The van der Waals surface area contributed by atoms with E-state index in [0.717, 1.165) is 10.4 Å². The van der Waals surface area contributed by atoms with Crippen LogP contribution in [0.1, 0.15) is 17.4 Å². The van der Waals surface area contributed by atoms with Crippen molar-refractivity contribution in [2.75, 3.05) is 13.2 Å². The van der Waals surface area contributed by atoms with Gasteiger partial charge in [-0.3, -0.25) is 4.79 Å². The molecule has 0 saturated carbocycles. The Balaban J connectivity index is 1.85. The largest absolute Gasteiger partial charge is 0.450 e. The maximum absolute atomic E-state index is 12.7. The van der Waals surface area contributed by atoms with Gasteiger partial charge in [-0.1, -0.05) is 0 Å². The third-order valence-electron chi connectivity index (χ3n) is 4.02. The Bertz CT molecular complexity index is 986. The summed E-state index contributed by atoms with van der Waals surface area (Å²) in [7, 11) is 1.80. The minimum absolute atomic E-state index is 0.146. The molecule has 9 heteroatoms. The zero-order valence-corrected chi connectivity index (χ0v) is 13.6. The Morgan fingerprint density at radius 1 is 1.48 bits per heavy atom. The van der Waals surface area contributed by atoms with Gasteiger partial charge >= 0.3 is 6.09 Å². The van der Waals surface area contributed by atoms with Crippen LogP contribution in [-0.4, -0.2) is 43.3 Å². The van der Waals surface area contributed by atoms with Crippen molar-refractivity contribution in [3.8, 4) is 0 Å². The van der Waals surface area contributed by atoms with Crippen molar-refractivity contribution < 1.29 is 9.53 Å². The summed E-state index contributed by atoms with van der Waals surface area (Å²) in [6, 6.07) is 0. The monoisotopic (exact) mass is 333 g/mol. The van der Waals surface area contributed by atoms with Gasteiger partial charge in [-0.05, 0) is 18.9 Å². The Kier molecular flexibility index (Phi) is 3.12. The van der Waals surface area contributed by atoms with Gasteiger partial charge in [0, 0.05) is 18.5 Å². The van der Waals surface area contributed by atoms with Crippen LogP contribution in [0.15, 0.2) is 11.1 Å². The fraction of sp³-hybridized carbons (Fsp3) is 0.429. The van der Waals surface area contributed by atoms with Crippen molar-refractivity contribution in [2.24, 2.45) is 7.05 Å². The van der Waals surface area contributed by atoms with Crippen LogP contribution < -0.4 is 5.56 Å². The first-order chi connectivity index (χ1) is 11.1. The maximum Gasteiger partial charge on any atom is 0.410 e. The van der Waals surface area contributed by atoms with Gasteiger partial charge in [-0.15, -0.1) is 11.3 Å². The highest BCUT2D eigenvalue weighted by molar-refractivity contribution is 7.18. The highest BCUT2D eigenvalue weighted by Crippen LogP contribution is 2.32. The lowest BCUT2D eigenvalue weighted by Crippen LogP contribution is -2.36. The van der Waals surface area contributed by atoms with E-state index in [2.05, 4.69) is 10.1 Å². The molecular weight excluding hydrogens is 318 g/mol. The second-order valence-corrected chi connectivity index (χ2v) is 6.51. The molecule has 3 aromatic heterocycles. The molecule has 0 unspecified atom stereocenters. The van der Waals surface area contributed by atoms with Crippen molar-refractivity contribution in [2.45, 2.75) is 19.9 Å². The zero-order valence-electron chi connectivity index (χ0n) is 12.8. The molecule has 0 fully saturated rings. The van der Waals surface area contributed by atoms with Gasteiger partial charge in [-0.2, -0.15) is 9.61 Å². The van der Waals surface area contributed by atoms with Crippen molar-refractivity contribution in [1.29, 1.82) is 0 Å². The molecule has 8 nitrogen and oxygen atoms in total. The van der Waals surface area contributed by atoms with Crippen LogP contribution in [0.25, 0.3) is 16.0 Å². The van der Waals surface area contributed by atoms with E-state index in [-0.39, 0.29) is 11.7 Å². The van der Waals surface area contributed by atoms with E-state index < -0.39 is 0 Å². The first-order valence-electron chi connectivity index (χ1n) is 7.36. The number of rotatable bonds is 1. The first-order valence-corrected chi connectivity index (χ1v) is 8.18. The molecule has 120 valence electrons. The molecule has 3 aromatic rings. The molecule has 4 heterocycles. The van der Waals surface area contributed by atoms with E-state index in [4.69, 9.17) is 4.74 Å². The summed E-state index contributed by atoms with van der Waals surface area (Å²) in [6.07, 6.45) is 1.89. The number of fused-ring (bicyclic) bond motifs is 4. The molecule has 1 amide bonds. The number of carbonyl (C=O) groups excluding carboxylic acids is 1. The molecule has 0 bridgehead atoms. The molecule has 0 atom stereocenters. The number of ether oxygens (including phenoxy) is 1. The molecule has 0 N–H and O–H groups in total. The lowest BCUT2D eigenvalue weighted by molar-refractivity contribution is 0.103. The zero-order chi connectivity index (χ0) is 16.1.